The summed E-state index contributed by atoms with van der Waals surface area (Å²) in [6.45, 7) is 2.81. The number of likely N-dealkylation sites (tertiary alicyclic amines) is 1. The number of benzene rings is 2. The number of aromatic nitrogens is 1. The van der Waals surface area contributed by atoms with Gasteiger partial charge in [-0.1, -0.05) is 43.7 Å². The highest BCUT2D eigenvalue weighted by molar-refractivity contribution is 6.46. The predicted octanol–water partition coefficient (Wildman–Crippen LogP) is 4.89. The van der Waals surface area contributed by atoms with Crippen molar-refractivity contribution in [3.63, 3.8) is 0 Å². The van der Waals surface area contributed by atoms with Gasteiger partial charge in [-0.2, -0.15) is 0 Å². The molecule has 0 saturated carbocycles. The van der Waals surface area contributed by atoms with Gasteiger partial charge < -0.3 is 19.5 Å². The van der Waals surface area contributed by atoms with Crippen molar-refractivity contribution in [3.8, 4) is 11.5 Å². The topological polar surface area (TPSA) is 89.0 Å². The lowest BCUT2D eigenvalue weighted by atomic mass is 9.95. The van der Waals surface area contributed by atoms with Crippen LogP contribution in [0.5, 0.6) is 11.5 Å². The van der Waals surface area contributed by atoms with Gasteiger partial charge >= 0.3 is 0 Å². The number of ketones is 1. The highest BCUT2D eigenvalue weighted by Gasteiger charge is 2.46. The molecule has 0 bridgehead atoms. The molecule has 1 aliphatic heterocycles. The van der Waals surface area contributed by atoms with Crippen LogP contribution in [0.2, 0.25) is 0 Å². The summed E-state index contributed by atoms with van der Waals surface area (Å²) in [5.74, 6) is -0.405. The number of amides is 1. The Balaban J connectivity index is 1.78. The minimum absolute atomic E-state index is 0.0368. The maximum absolute atomic E-state index is 13.2. The molecule has 1 saturated heterocycles. The predicted molar refractivity (Wildman–Crippen MR) is 132 cm³/mol. The number of aliphatic hydroxyl groups excluding tert-OH is 1. The largest absolute Gasteiger partial charge is 0.507 e. The number of unbranched alkanes of at least 4 members (excludes halogenated alkanes) is 1. The van der Waals surface area contributed by atoms with Crippen molar-refractivity contribution >= 4 is 17.4 Å². The van der Waals surface area contributed by atoms with Crippen LogP contribution in [0, 0.1) is 0 Å². The first kappa shape index (κ1) is 24.0. The molecule has 1 unspecified atom stereocenters. The second-order valence-corrected chi connectivity index (χ2v) is 8.29. The summed E-state index contributed by atoms with van der Waals surface area (Å²) < 4.78 is 11.0. The molecule has 3 aromatic rings. The molecule has 2 aromatic carbocycles. The Morgan fingerprint density at radius 2 is 1.86 bits per heavy atom. The molecule has 1 aromatic heterocycles. The van der Waals surface area contributed by atoms with Gasteiger partial charge in [0.15, 0.2) is 0 Å². The van der Waals surface area contributed by atoms with Gasteiger partial charge in [0.2, 0.25) is 0 Å². The van der Waals surface area contributed by atoms with Gasteiger partial charge in [0, 0.05) is 24.5 Å². The number of Topliss-reactive ketones (excluding diaryl/α,β-unsaturated/α-hetero) is 1. The fourth-order valence-electron chi connectivity index (χ4n) is 4.09. The van der Waals surface area contributed by atoms with Crippen molar-refractivity contribution in [2.75, 3.05) is 13.7 Å². The first-order valence-electron chi connectivity index (χ1n) is 11.6. The molecule has 7 heteroatoms. The molecule has 0 spiro atoms. The average molecular weight is 473 g/mol. The van der Waals surface area contributed by atoms with Gasteiger partial charge in [0.25, 0.3) is 11.7 Å². The number of ether oxygens (including phenoxy) is 2. The monoisotopic (exact) mass is 472 g/mol. The molecule has 4 rings (SSSR count). The number of methoxy groups -OCH3 is 1. The normalized spacial score (nSPS) is 17.0. The van der Waals surface area contributed by atoms with Crippen LogP contribution in [0.15, 0.2) is 78.6 Å². The Hall–Kier alpha value is -4.13. The van der Waals surface area contributed by atoms with E-state index in [1.807, 2.05) is 6.07 Å². The van der Waals surface area contributed by atoms with Crippen LogP contribution in [-0.2, 0) is 16.1 Å². The summed E-state index contributed by atoms with van der Waals surface area (Å²) in [6.07, 6.45) is 5.21. The molecular formula is C28H28N2O5. The number of pyridine rings is 1. The number of hydrogen-bond donors (Lipinski definition) is 1. The average Bonchev–Trinajstić information content (AvgIpc) is 3.14. The highest BCUT2D eigenvalue weighted by atomic mass is 16.5. The maximum Gasteiger partial charge on any atom is 0.295 e. The number of carbonyl (C=O) groups is 2. The molecule has 1 aliphatic rings. The molecule has 35 heavy (non-hydrogen) atoms. The third-order valence-corrected chi connectivity index (χ3v) is 5.92. The highest BCUT2D eigenvalue weighted by Crippen LogP contribution is 2.41. The number of aliphatic hydroxyl groups is 1. The smallest absolute Gasteiger partial charge is 0.295 e. The van der Waals surface area contributed by atoms with Crippen molar-refractivity contribution in [2.24, 2.45) is 0 Å². The number of rotatable bonds is 9. The number of carbonyl (C=O) groups excluding carboxylic acids is 2. The fraction of sp³-hybridized carbons (Fsp3) is 0.250. The minimum atomic E-state index is -0.772. The second-order valence-electron chi connectivity index (χ2n) is 8.29. The first-order chi connectivity index (χ1) is 17.0. The Labute approximate surface area is 204 Å². The quantitative estimate of drug-likeness (QED) is 0.206. The fourth-order valence-corrected chi connectivity index (χ4v) is 4.09. The lowest BCUT2D eigenvalue weighted by Gasteiger charge is -2.25. The third-order valence-electron chi connectivity index (χ3n) is 5.92. The van der Waals surface area contributed by atoms with Crippen LogP contribution >= 0.6 is 0 Å². The van der Waals surface area contributed by atoms with Crippen LogP contribution in [0.25, 0.3) is 5.76 Å². The Morgan fingerprint density at radius 1 is 1.06 bits per heavy atom. The molecule has 1 atom stereocenters. The van der Waals surface area contributed by atoms with Gasteiger partial charge in [0.1, 0.15) is 17.3 Å². The molecule has 0 radical (unpaired) electrons. The summed E-state index contributed by atoms with van der Waals surface area (Å²) >= 11 is 0. The van der Waals surface area contributed by atoms with Crippen LogP contribution < -0.4 is 9.47 Å². The van der Waals surface area contributed by atoms with E-state index in [2.05, 4.69) is 11.9 Å². The Kier molecular flexibility index (Phi) is 7.45. The van der Waals surface area contributed by atoms with Crippen molar-refractivity contribution in [3.05, 3.63) is 95.3 Å². The molecule has 7 nitrogen and oxygen atoms in total. The van der Waals surface area contributed by atoms with Crippen molar-refractivity contribution in [1.82, 2.24) is 9.88 Å². The van der Waals surface area contributed by atoms with Gasteiger partial charge in [-0.25, -0.2) is 0 Å². The number of nitrogens with zero attached hydrogens (tertiary/aromatic N) is 2. The summed E-state index contributed by atoms with van der Waals surface area (Å²) in [5, 5.41) is 11.3. The van der Waals surface area contributed by atoms with Crippen molar-refractivity contribution in [1.29, 1.82) is 0 Å². The van der Waals surface area contributed by atoms with Gasteiger partial charge in [-0.15, -0.1) is 0 Å². The SMILES string of the molecule is CCCCOc1cccc(C(O)=C2C(=O)C(=O)N(Cc3cccnc3)C2c2ccc(OC)cc2)c1. The van der Waals surface area contributed by atoms with E-state index >= 15 is 0 Å². The van der Waals surface area contributed by atoms with E-state index in [1.165, 1.54) is 4.90 Å². The van der Waals surface area contributed by atoms with E-state index in [-0.39, 0.29) is 17.9 Å². The maximum atomic E-state index is 13.2. The van der Waals surface area contributed by atoms with Gasteiger partial charge in [0.05, 0.1) is 25.3 Å². The minimum Gasteiger partial charge on any atom is -0.507 e. The van der Waals surface area contributed by atoms with E-state index in [9.17, 15) is 14.7 Å². The summed E-state index contributed by atoms with van der Waals surface area (Å²) in [6, 6.07) is 16.9. The van der Waals surface area contributed by atoms with Crippen molar-refractivity contribution in [2.45, 2.75) is 32.4 Å². The van der Waals surface area contributed by atoms with Crippen LogP contribution in [-0.4, -0.2) is 40.4 Å². The standard InChI is InChI=1S/C28H28N2O5/c1-3-4-15-35-23-9-5-8-21(16-23)26(31)24-25(20-10-12-22(34-2)13-11-20)30(28(33)27(24)32)18-19-7-6-14-29-17-19/h5-14,16-17,25,31H,3-4,15,18H2,1-2H3. The van der Waals surface area contributed by atoms with E-state index in [1.54, 1.807) is 74.1 Å². The van der Waals surface area contributed by atoms with Gasteiger partial charge in [-0.05, 0) is 47.9 Å². The Bertz CT molecular complexity index is 1220. The second kappa shape index (κ2) is 10.9. The first-order valence-corrected chi connectivity index (χ1v) is 11.6. The third kappa shape index (κ3) is 5.19. The molecule has 180 valence electrons. The van der Waals surface area contributed by atoms with Crippen LogP contribution in [0.4, 0.5) is 0 Å². The molecule has 1 amide bonds. The van der Waals surface area contributed by atoms with Gasteiger partial charge in [-0.3, -0.25) is 14.6 Å². The molecular weight excluding hydrogens is 444 g/mol. The van der Waals surface area contributed by atoms with E-state index in [0.717, 1.165) is 18.4 Å². The molecule has 2 heterocycles. The molecule has 1 N–H and O–H groups in total. The number of hydrogen-bond acceptors (Lipinski definition) is 6. The molecule has 1 fully saturated rings. The zero-order chi connectivity index (χ0) is 24.8. The van der Waals surface area contributed by atoms with Crippen molar-refractivity contribution < 1.29 is 24.2 Å². The zero-order valence-corrected chi connectivity index (χ0v) is 19.8. The van der Waals surface area contributed by atoms with E-state index < -0.39 is 17.7 Å². The molecule has 0 aliphatic carbocycles. The van der Waals surface area contributed by atoms with E-state index in [4.69, 9.17) is 9.47 Å². The Morgan fingerprint density at radius 3 is 2.54 bits per heavy atom. The van der Waals surface area contributed by atoms with Crippen LogP contribution in [0.3, 0.4) is 0 Å². The van der Waals surface area contributed by atoms with E-state index in [0.29, 0.717) is 29.2 Å². The summed E-state index contributed by atoms with van der Waals surface area (Å²) in [4.78, 5) is 32.0. The lowest BCUT2D eigenvalue weighted by Crippen LogP contribution is -2.29. The summed E-state index contributed by atoms with van der Waals surface area (Å²) in [7, 11) is 1.57. The lowest BCUT2D eigenvalue weighted by molar-refractivity contribution is -0.140. The van der Waals surface area contributed by atoms with Crippen LogP contribution in [0.1, 0.15) is 42.5 Å². The zero-order valence-electron chi connectivity index (χ0n) is 19.8. The summed E-state index contributed by atoms with van der Waals surface area (Å²) in [5.41, 5.74) is 1.91.